The van der Waals surface area contributed by atoms with E-state index in [1.165, 1.54) is 6.07 Å². The lowest BCUT2D eigenvalue weighted by Gasteiger charge is -2.19. The number of nitrogens with zero attached hydrogens (tertiary/aromatic N) is 2. The van der Waals surface area contributed by atoms with E-state index < -0.39 is 16.0 Å². The number of fused-ring (bicyclic) bond motifs is 1. The molecule has 0 aromatic heterocycles. The predicted octanol–water partition coefficient (Wildman–Crippen LogP) is 4.14. The van der Waals surface area contributed by atoms with Crippen molar-refractivity contribution in [3.63, 3.8) is 0 Å². The van der Waals surface area contributed by atoms with Crippen LogP contribution in [0.25, 0.3) is 0 Å². The molecule has 1 aliphatic rings. The number of esters is 1. The average molecular weight is 427 g/mol. The number of hydrogen-bond acceptors (Lipinski definition) is 5. The van der Waals surface area contributed by atoms with Gasteiger partial charge in [-0.25, -0.2) is 4.79 Å². The predicted molar refractivity (Wildman–Crippen MR) is 111 cm³/mol. The molecule has 8 heteroatoms. The van der Waals surface area contributed by atoms with Crippen LogP contribution >= 0.6 is 11.6 Å². The molecule has 0 saturated carbocycles. The van der Waals surface area contributed by atoms with Crippen molar-refractivity contribution < 1.29 is 17.9 Å². The Morgan fingerprint density at radius 1 is 0.966 bits per heavy atom. The molecule has 0 amide bonds. The van der Waals surface area contributed by atoms with Crippen LogP contribution < -0.4 is 9.64 Å². The number of hydrogen-bond donors (Lipinski definition) is 0. The summed E-state index contributed by atoms with van der Waals surface area (Å²) in [6, 6.07) is 19.8. The average Bonchev–Trinajstić information content (AvgIpc) is 3.00. The van der Waals surface area contributed by atoms with Crippen LogP contribution in [0.2, 0.25) is 5.02 Å². The maximum atomic E-state index is 12.3. The third kappa shape index (κ3) is 3.74. The maximum absolute atomic E-state index is 12.3. The van der Waals surface area contributed by atoms with Gasteiger partial charge in [0.2, 0.25) is 0 Å². The molecule has 146 valence electrons. The number of ether oxygens (including phenoxy) is 1. The lowest BCUT2D eigenvalue weighted by molar-refractivity contribution is 0.0735. The Kier molecular flexibility index (Phi) is 4.86. The van der Waals surface area contributed by atoms with Gasteiger partial charge in [0.15, 0.2) is 5.84 Å². The second-order valence-electron chi connectivity index (χ2n) is 6.34. The molecular weight excluding hydrogens is 412 g/mol. The SMILES string of the molecule is CN(C1=NS(=O)(=O)c2ccccc21)c1ccc(OC(=O)c2ccc(Cl)cc2)cc1. The van der Waals surface area contributed by atoms with Gasteiger partial charge in [-0.3, -0.25) is 0 Å². The molecule has 4 rings (SSSR count). The van der Waals surface area contributed by atoms with Crippen molar-refractivity contribution in [2.24, 2.45) is 4.40 Å². The number of anilines is 1. The second kappa shape index (κ2) is 7.35. The van der Waals surface area contributed by atoms with Gasteiger partial charge in [0.1, 0.15) is 10.6 Å². The van der Waals surface area contributed by atoms with E-state index in [0.717, 1.165) is 0 Å². The summed E-state index contributed by atoms with van der Waals surface area (Å²) in [5.41, 5.74) is 1.63. The van der Waals surface area contributed by atoms with Crippen molar-refractivity contribution in [1.82, 2.24) is 0 Å². The highest BCUT2D eigenvalue weighted by Gasteiger charge is 2.30. The molecule has 3 aromatic carbocycles. The van der Waals surface area contributed by atoms with E-state index in [-0.39, 0.29) is 4.90 Å². The molecule has 0 radical (unpaired) electrons. The van der Waals surface area contributed by atoms with Crippen molar-refractivity contribution >= 4 is 39.1 Å². The second-order valence-corrected chi connectivity index (χ2v) is 8.34. The fourth-order valence-electron chi connectivity index (χ4n) is 2.94. The van der Waals surface area contributed by atoms with Gasteiger partial charge in [-0.2, -0.15) is 8.42 Å². The molecule has 0 spiro atoms. The highest BCUT2D eigenvalue weighted by molar-refractivity contribution is 7.90. The molecule has 29 heavy (non-hydrogen) atoms. The molecule has 0 saturated heterocycles. The molecular formula is C21H15ClN2O4S. The number of rotatable bonds is 3. The van der Waals surface area contributed by atoms with Gasteiger partial charge in [0, 0.05) is 23.3 Å². The maximum Gasteiger partial charge on any atom is 0.343 e. The number of halogens is 1. The van der Waals surface area contributed by atoms with Crippen molar-refractivity contribution in [2.45, 2.75) is 4.90 Å². The van der Waals surface area contributed by atoms with Crippen LogP contribution in [0.15, 0.2) is 82.1 Å². The van der Waals surface area contributed by atoms with Gasteiger partial charge in [0.25, 0.3) is 10.0 Å². The molecule has 3 aromatic rings. The van der Waals surface area contributed by atoms with Crippen molar-refractivity contribution in [1.29, 1.82) is 0 Å². The molecule has 0 aliphatic carbocycles. The van der Waals surface area contributed by atoms with Crippen LogP contribution in [-0.2, 0) is 10.0 Å². The monoisotopic (exact) mass is 426 g/mol. The molecule has 1 aliphatic heterocycles. The van der Waals surface area contributed by atoms with Gasteiger partial charge in [-0.05, 0) is 60.7 Å². The third-order valence-corrected chi connectivity index (χ3v) is 6.02. The van der Waals surface area contributed by atoms with Crippen LogP contribution in [-0.4, -0.2) is 27.3 Å². The zero-order valence-electron chi connectivity index (χ0n) is 15.2. The van der Waals surface area contributed by atoms with E-state index >= 15 is 0 Å². The fraction of sp³-hybridized carbons (Fsp3) is 0.0476. The number of sulfonamides is 1. The number of carbonyl (C=O) groups is 1. The van der Waals surface area contributed by atoms with E-state index in [1.54, 1.807) is 78.7 Å². The Morgan fingerprint density at radius 3 is 2.31 bits per heavy atom. The van der Waals surface area contributed by atoms with Crippen LogP contribution in [0, 0.1) is 0 Å². The zero-order chi connectivity index (χ0) is 20.6. The third-order valence-electron chi connectivity index (χ3n) is 4.44. The van der Waals surface area contributed by atoms with E-state index in [9.17, 15) is 13.2 Å². The van der Waals surface area contributed by atoms with E-state index in [0.29, 0.717) is 33.4 Å². The van der Waals surface area contributed by atoms with Crippen LogP contribution in [0.5, 0.6) is 5.75 Å². The Morgan fingerprint density at radius 2 is 1.62 bits per heavy atom. The number of amidine groups is 1. The van der Waals surface area contributed by atoms with E-state index in [2.05, 4.69) is 4.40 Å². The summed E-state index contributed by atoms with van der Waals surface area (Å²) in [5.74, 6) is 0.206. The van der Waals surface area contributed by atoms with Gasteiger partial charge in [-0.15, -0.1) is 4.40 Å². The quantitative estimate of drug-likeness (QED) is 0.464. The van der Waals surface area contributed by atoms with Crippen LogP contribution in [0.1, 0.15) is 15.9 Å². The van der Waals surface area contributed by atoms with Gasteiger partial charge in [-0.1, -0.05) is 23.7 Å². The lowest BCUT2D eigenvalue weighted by Crippen LogP contribution is -2.25. The topological polar surface area (TPSA) is 76.0 Å². The summed E-state index contributed by atoms with van der Waals surface area (Å²) in [5, 5.41) is 0.535. The van der Waals surface area contributed by atoms with Crippen molar-refractivity contribution in [2.75, 3.05) is 11.9 Å². The normalized spacial score (nSPS) is 14.1. The molecule has 0 fully saturated rings. The van der Waals surface area contributed by atoms with Crippen molar-refractivity contribution in [3.05, 3.63) is 88.9 Å². The first-order chi connectivity index (χ1) is 13.8. The molecule has 0 bridgehead atoms. The van der Waals surface area contributed by atoms with Crippen LogP contribution in [0.4, 0.5) is 5.69 Å². The van der Waals surface area contributed by atoms with Gasteiger partial charge in [0.05, 0.1) is 5.56 Å². The smallest absolute Gasteiger partial charge is 0.343 e. The Labute approximate surface area is 173 Å². The van der Waals surface area contributed by atoms with Gasteiger partial charge < -0.3 is 9.64 Å². The first kappa shape index (κ1) is 19.2. The molecule has 1 heterocycles. The summed E-state index contributed by atoms with van der Waals surface area (Å²) in [7, 11) is -1.97. The highest BCUT2D eigenvalue weighted by atomic mass is 35.5. The number of benzene rings is 3. The Hall–Kier alpha value is -3.16. The molecule has 0 atom stereocenters. The van der Waals surface area contributed by atoms with E-state index in [1.807, 2.05) is 0 Å². The Balaban J connectivity index is 1.54. The summed E-state index contributed by atoms with van der Waals surface area (Å²) >= 11 is 5.82. The minimum Gasteiger partial charge on any atom is -0.423 e. The standard InChI is InChI=1S/C21H15ClN2O4S/c1-24(20-18-4-2-3-5-19(18)29(26,27)23-20)16-10-12-17(13-11-16)28-21(25)14-6-8-15(22)9-7-14/h2-13H,1H3. The minimum absolute atomic E-state index is 0.190. The first-order valence-electron chi connectivity index (χ1n) is 8.61. The van der Waals surface area contributed by atoms with E-state index in [4.69, 9.17) is 16.3 Å². The summed E-state index contributed by atoms with van der Waals surface area (Å²) in [4.78, 5) is 14.1. The zero-order valence-corrected chi connectivity index (χ0v) is 16.8. The van der Waals surface area contributed by atoms with Gasteiger partial charge >= 0.3 is 5.97 Å². The Bertz CT molecular complexity index is 1220. The molecule has 0 N–H and O–H groups in total. The summed E-state index contributed by atoms with van der Waals surface area (Å²) in [6.45, 7) is 0. The van der Waals surface area contributed by atoms with Crippen LogP contribution in [0.3, 0.4) is 0 Å². The molecule has 0 unspecified atom stereocenters. The molecule has 6 nitrogen and oxygen atoms in total. The summed E-state index contributed by atoms with van der Waals surface area (Å²) < 4.78 is 33.8. The highest BCUT2D eigenvalue weighted by Crippen LogP contribution is 2.29. The van der Waals surface area contributed by atoms with Crippen molar-refractivity contribution in [3.8, 4) is 5.75 Å². The minimum atomic E-state index is -3.70. The largest absolute Gasteiger partial charge is 0.423 e. The lowest BCUT2D eigenvalue weighted by atomic mass is 10.2. The fourth-order valence-corrected chi connectivity index (χ4v) is 4.30. The number of carbonyl (C=O) groups excluding carboxylic acids is 1. The first-order valence-corrected chi connectivity index (χ1v) is 10.4. The summed E-state index contributed by atoms with van der Waals surface area (Å²) in [6.07, 6.45) is 0.